The van der Waals surface area contributed by atoms with Gasteiger partial charge in [-0.1, -0.05) is 41.8 Å². The number of carbonyl (C=O) groups is 2. The van der Waals surface area contributed by atoms with Crippen molar-refractivity contribution in [1.29, 1.82) is 0 Å². The van der Waals surface area contributed by atoms with Gasteiger partial charge in [0.15, 0.2) is 0 Å². The number of hydrogen-bond donors (Lipinski definition) is 0. The third-order valence-corrected chi connectivity index (χ3v) is 7.36. The highest BCUT2D eigenvalue weighted by atomic mass is 32.2. The van der Waals surface area contributed by atoms with E-state index in [4.69, 9.17) is 6.42 Å². The number of rotatable bonds is 6. The van der Waals surface area contributed by atoms with Crippen LogP contribution in [0.4, 0.5) is 0 Å². The van der Waals surface area contributed by atoms with Gasteiger partial charge in [-0.2, -0.15) is 4.31 Å². The van der Waals surface area contributed by atoms with Gasteiger partial charge in [0, 0.05) is 45.2 Å². The molecule has 1 saturated heterocycles. The Morgan fingerprint density at radius 3 is 2.31 bits per heavy atom. The van der Waals surface area contributed by atoms with Crippen LogP contribution in [0.5, 0.6) is 0 Å². The highest BCUT2D eigenvalue weighted by molar-refractivity contribution is 7.89. The molecule has 0 aliphatic carbocycles. The maximum atomic E-state index is 13.2. The van der Waals surface area contributed by atoms with Gasteiger partial charge in [-0.3, -0.25) is 9.59 Å². The molecule has 1 fully saturated rings. The van der Waals surface area contributed by atoms with Gasteiger partial charge in [-0.05, 0) is 30.7 Å². The number of amides is 2. The van der Waals surface area contributed by atoms with E-state index in [9.17, 15) is 18.0 Å². The molecule has 0 spiro atoms. The second kappa shape index (κ2) is 9.98. The molecule has 1 aliphatic heterocycles. The summed E-state index contributed by atoms with van der Waals surface area (Å²) in [6, 6.07) is 13.8. The Morgan fingerprint density at radius 2 is 1.72 bits per heavy atom. The molecule has 0 aromatic heterocycles. The monoisotopic (exact) mass is 453 g/mol. The Bertz CT molecular complexity index is 1130. The van der Waals surface area contributed by atoms with Crippen molar-refractivity contribution < 1.29 is 18.0 Å². The number of hydrogen-bond acceptors (Lipinski definition) is 4. The average molecular weight is 454 g/mol. The summed E-state index contributed by atoms with van der Waals surface area (Å²) in [6.45, 7) is 5.02. The van der Waals surface area contributed by atoms with Gasteiger partial charge < -0.3 is 9.80 Å². The molecule has 1 heterocycles. The van der Waals surface area contributed by atoms with Crippen LogP contribution in [-0.2, 0) is 21.4 Å². The minimum absolute atomic E-state index is 0.0515. The first-order valence-electron chi connectivity index (χ1n) is 10.4. The van der Waals surface area contributed by atoms with Crippen molar-refractivity contribution >= 4 is 21.8 Å². The van der Waals surface area contributed by atoms with Crippen LogP contribution in [0.2, 0.25) is 0 Å². The highest BCUT2D eigenvalue weighted by Crippen LogP contribution is 2.20. The lowest BCUT2D eigenvalue weighted by molar-refractivity contribution is -0.129. The minimum atomic E-state index is -3.78. The van der Waals surface area contributed by atoms with Crippen LogP contribution in [0.15, 0.2) is 53.4 Å². The van der Waals surface area contributed by atoms with Crippen molar-refractivity contribution in [1.82, 2.24) is 14.1 Å². The predicted octanol–water partition coefficient (Wildman–Crippen LogP) is 2.12. The molecular formula is C24H27N3O4S. The fourth-order valence-corrected chi connectivity index (χ4v) is 5.06. The summed E-state index contributed by atoms with van der Waals surface area (Å²) >= 11 is 0. The molecular weight excluding hydrogens is 426 g/mol. The summed E-state index contributed by atoms with van der Waals surface area (Å²) in [5.41, 5.74) is 2.31. The smallest absolute Gasteiger partial charge is 0.254 e. The molecule has 0 atom stereocenters. The second-order valence-corrected chi connectivity index (χ2v) is 9.73. The predicted molar refractivity (Wildman–Crippen MR) is 122 cm³/mol. The zero-order valence-corrected chi connectivity index (χ0v) is 19.1. The Labute approximate surface area is 189 Å². The fourth-order valence-electron chi connectivity index (χ4n) is 3.59. The first-order valence-corrected chi connectivity index (χ1v) is 11.8. The Hall–Kier alpha value is -3.15. The van der Waals surface area contributed by atoms with E-state index in [1.54, 1.807) is 17.0 Å². The molecule has 0 saturated carbocycles. The molecule has 2 aromatic rings. The van der Waals surface area contributed by atoms with Crippen LogP contribution in [0.25, 0.3) is 0 Å². The van der Waals surface area contributed by atoms with E-state index in [0.717, 1.165) is 11.1 Å². The SMILES string of the molecule is C#CCN(Cc1ccc(C)cc1)C(=O)c1cccc(S(=O)(=O)N2CCN(C(C)=O)CC2)c1. The molecule has 0 unspecified atom stereocenters. The van der Waals surface area contributed by atoms with E-state index in [1.807, 2.05) is 31.2 Å². The molecule has 0 N–H and O–H groups in total. The van der Waals surface area contributed by atoms with E-state index in [-0.39, 0.29) is 41.9 Å². The summed E-state index contributed by atoms with van der Waals surface area (Å²) in [6.07, 6.45) is 5.48. The Balaban J connectivity index is 1.80. The van der Waals surface area contributed by atoms with Gasteiger partial charge in [-0.15, -0.1) is 6.42 Å². The molecule has 0 bridgehead atoms. The fraction of sp³-hybridized carbons (Fsp3) is 0.333. The lowest BCUT2D eigenvalue weighted by atomic mass is 10.1. The minimum Gasteiger partial charge on any atom is -0.340 e. The average Bonchev–Trinajstić information content (AvgIpc) is 2.80. The molecule has 32 heavy (non-hydrogen) atoms. The van der Waals surface area contributed by atoms with E-state index in [1.165, 1.54) is 28.3 Å². The van der Waals surface area contributed by atoms with Gasteiger partial charge >= 0.3 is 0 Å². The first-order chi connectivity index (χ1) is 15.2. The lowest BCUT2D eigenvalue weighted by Gasteiger charge is -2.33. The summed E-state index contributed by atoms with van der Waals surface area (Å²) in [4.78, 5) is 27.9. The molecule has 3 rings (SSSR count). The molecule has 0 radical (unpaired) electrons. The Morgan fingerprint density at radius 1 is 1.06 bits per heavy atom. The first kappa shape index (κ1) is 23.5. The largest absolute Gasteiger partial charge is 0.340 e. The molecule has 168 valence electrons. The standard InChI is InChI=1S/C24H27N3O4S/c1-4-12-26(18-21-10-8-19(2)9-11-21)24(29)22-6-5-7-23(17-22)32(30,31)27-15-13-25(14-16-27)20(3)28/h1,5-11,17H,12-16,18H2,2-3H3. The zero-order valence-electron chi connectivity index (χ0n) is 18.3. The number of terminal acetylenes is 1. The van der Waals surface area contributed by atoms with Crippen molar-refractivity contribution in [2.45, 2.75) is 25.3 Å². The second-order valence-electron chi connectivity index (χ2n) is 7.79. The number of piperazine rings is 1. The van der Waals surface area contributed by atoms with Crippen LogP contribution in [-0.4, -0.2) is 67.1 Å². The van der Waals surface area contributed by atoms with Crippen LogP contribution in [0.3, 0.4) is 0 Å². The van der Waals surface area contributed by atoms with Crippen LogP contribution >= 0.6 is 0 Å². The summed E-state index contributed by atoms with van der Waals surface area (Å²) < 4.78 is 27.6. The van der Waals surface area contributed by atoms with Gasteiger partial charge in [-0.25, -0.2) is 8.42 Å². The van der Waals surface area contributed by atoms with Gasteiger partial charge in [0.05, 0.1) is 11.4 Å². The van der Waals surface area contributed by atoms with Crippen LogP contribution < -0.4 is 0 Å². The van der Waals surface area contributed by atoms with Gasteiger partial charge in [0.2, 0.25) is 15.9 Å². The van der Waals surface area contributed by atoms with Gasteiger partial charge in [0.1, 0.15) is 0 Å². The van der Waals surface area contributed by atoms with Crippen molar-refractivity contribution in [2.75, 3.05) is 32.7 Å². The number of nitrogens with zero attached hydrogens (tertiary/aromatic N) is 3. The van der Waals surface area contributed by atoms with Crippen molar-refractivity contribution in [3.8, 4) is 12.3 Å². The number of aryl methyl sites for hydroxylation is 1. The third-order valence-electron chi connectivity index (χ3n) is 5.47. The van der Waals surface area contributed by atoms with Crippen molar-refractivity contribution in [3.63, 3.8) is 0 Å². The van der Waals surface area contributed by atoms with Crippen LogP contribution in [0, 0.1) is 19.3 Å². The zero-order chi connectivity index (χ0) is 23.3. The van der Waals surface area contributed by atoms with E-state index >= 15 is 0 Å². The molecule has 2 aromatic carbocycles. The molecule has 7 nitrogen and oxygen atoms in total. The van der Waals surface area contributed by atoms with Crippen LogP contribution in [0.1, 0.15) is 28.4 Å². The highest BCUT2D eigenvalue weighted by Gasteiger charge is 2.30. The molecule has 1 aliphatic rings. The number of sulfonamides is 1. The van der Waals surface area contributed by atoms with E-state index in [2.05, 4.69) is 5.92 Å². The maximum absolute atomic E-state index is 13.2. The molecule has 2 amide bonds. The van der Waals surface area contributed by atoms with Crippen molar-refractivity contribution in [2.24, 2.45) is 0 Å². The topological polar surface area (TPSA) is 78.0 Å². The summed E-state index contributed by atoms with van der Waals surface area (Å²) in [5, 5.41) is 0. The maximum Gasteiger partial charge on any atom is 0.254 e. The Kier molecular flexibility index (Phi) is 7.33. The van der Waals surface area contributed by atoms with Gasteiger partial charge in [0.25, 0.3) is 5.91 Å². The van der Waals surface area contributed by atoms with E-state index < -0.39 is 10.0 Å². The number of carbonyl (C=O) groups excluding carboxylic acids is 2. The normalized spacial score (nSPS) is 14.6. The number of benzene rings is 2. The quantitative estimate of drug-likeness (QED) is 0.628. The van der Waals surface area contributed by atoms with E-state index in [0.29, 0.717) is 19.6 Å². The lowest BCUT2D eigenvalue weighted by Crippen LogP contribution is -2.49. The molecule has 8 heteroatoms. The summed E-state index contributed by atoms with van der Waals surface area (Å²) in [5.74, 6) is 2.10. The van der Waals surface area contributed by atoms with Crippen molar-refractivity contribution in [3.05, 3.63) is 65.2 Å². The summed E-state index contributed by atoms with van der Waals surface area (Å²) in [7, 11) is -3.78. The third kappa shape index (κ3) is 5.36.